The van der Waals surface area contributed by atoms with Crippen LogP contribution in [0.2, 0.25) is 0 Å². The Hall–Kier alpha value is -2.22. The first-order valence-corrected chi connectivity index (χ1v) is 10.2. The summed E-state index contributed by atoms with van der Waals surface area (Å²) in [5, 5.41) is 3.54. The molecule has 1 unspecified atom stereocenters. The molecule has 7 heteroatoms. The summed E-state index contributed by atoms with van der Waals surface area (Å²) >= 11 is 0. The molecule has 1 aliphatic rings. The highest BCUT2D eigenvalue weighted by molar-refractivity contribution is 5.43. The van der Waals surface area contributed by atoms with Crippen molar-refractivity contribution < 1.29 is 23.0 Å². The van der Waals surface area contributed by atoms with E-state index >= 15 is 0 Å². The van der Waals surface area contributed by atoms with E-state index in [9.17, 15) is 8.78 Å². The third-order valence-electron chi connectivity index (χ3n) is 5.38. The van der Waals surface area contributed by atoms with Gasteiger partial charge in [-0.2, -0.15) is 8.78 Å². The molecule has 2 aromatic rings. The summed E-state index contributed by atoms with van der Waals surface area (Å²) in [6.07, 6.45) is 0. The summed E-state index contributed by atoms with van der Waals surface area (Å²) in [5.41, 5.74) is 3.69. The van der Waals surface area contributed by atoms with Crippen LogP contribution in [0.25, 0.3) is 0 Å². The molecule has 1 saturated heterocycles. The van der Waals surface area contributed by atoms with Gasteiger partial charge in [-0.25, -0.2) is 0 Å². The molecular weight excluding hydrogens is 390 g/mol. The van der Waals surface area contributed by atoms with E-state index in [1.807, 2.05) is 24.3 Å². The zero-order chi connectivity index (χ0) is 21.5. The van der Waals surface area contributed by atoms with Gasteiger partial charge in [0.1, 0.15) is 11.5 Å². The second kappa shape index (κ2) is 10.7. The molecule has 5 nitrogen and oxygen atoms in total. The van der Waals surface area contributed by atoms with Crippen LogP contribution < -0.4 is 14.8 Å². The Balaban J connectivity index is 1.68. The Bertz CT molecular complexity index is 786. The van der Waals surface area contributed by atoms with Crippen LogP contribution in [0.1, 0.15) is 28.3 Å². The summed E-state index contributed by atoms with van der Waals surface area (Å²) in [4.78, 5) is 2.42. The second-order valence-corrected chi connectivity index (χ2v) is 7.51. The Morgan fingerprint density at radius 2 is 1.70 bits per heavy atom. The van der Waals surface area contributed by atoms with E-state index in [1.54, 1.807) is 21.0 Å². The molecule has 1 fully saturated rings. The van der Waals surface area contributed by atoms with Crippen LogP contribution in [0.5, 0.6) is 11.5 Å². The zero-order valence-corrected chi connectivity index (χ0v) is 17.8. The van der Waals surface area contributed by atoms with Gasteiger partial charge in [0.2, 0.25) is 0 Å². The first kappa shape index (κ1) is 22.5. The van der Waals surface area contributed by atoms with Crippen molar-refractivity contribution in [1.82, 2.24) is 10.2 Å². The van der Waals surface area contributed by atoms with Crippen LogP contribution in [-0.2, 0) is 11.3 Å². The van der Waals surface area contributed by atoms with Gasteiger partial charge >= 0.3 is 6.61 Å². The van der Waals surface area contributed by atoms with E-state index in [-0.39, 0.29) is 11.8 Å². The predicted molar refractivity (Wildman–Crippen MR) is 112 cm³/mol. The number of ether oxygens (including phenoxy) is 3. The lowest BCUT2D eigenvalue weighted by Gasteiger charge is -2.35. The van der Waals surface area contributed by atoms with Crippen molar-refractivity contribution >= 4 is 0 Å². The van der Waals surface area contributed by atoms with Crippen molar-refractivity contribution in [3.05, 3.63) is 58.7 Å². The molecule has 0 spiro atoms. The maximum atomic E-state index is 12.6. The van der Waals surface area contributed by atoms with Crippen LogP contribution in [0.4, 0.5) is 8.78 Å². The average Bonchev–Trinajstić information content (AvgIpc) is 2.74. The number of morpholine rings is 1. The molecule has 1 heterocycles. The van der Waals surface area contributed by atoms with Gasteiger partial charge in [0.15, 0.2) is 0 Å². The van der Waals surface area contributed by atoms with Crippen LogP contribution in [0.15, 0.2) is 36.4 Å². The molecule has 1 N–H and O–H groups in total. The summed E-state index contributed by atoms with van der Waals surface area (Å²) in [6, 6.07) is 12.2. The number of halogens is 2. The smallest absolute Gasteiger partial charge is 0.387 e. The molecule has 30 heavy (non-hydrogen) atoms. The van der Waals surface area contributed by atoms with E-state index in [0.29, 0.717) is 17.7 Å². The molecule has 164 valence electrons. The number of hydrogen-bond donors (Lipinski definition) is 1. The third-order valence-corrected chi connectivity index (χ3v) is 5.38. The molecule has 0 aromatic heterocycles. The Kier molecular flexibility index (Phi) is 8.01. The first-order chi connectivity index (χ1) is 14.5. The largest absolute Gasteiger partial charge is 0.497 e. The van der Waals surface area contributed by atoms with Crippen LogP contribution in [0, 0.1) is 13.8 Å². The quantitative estimate of drug-likeness (QED) is 0.662. The average molecular weight is 421 g/mol. The topological polar surface area (TPSA) is 43.0 Å². The standard InChI is InChI=1S/C23H30F2N2O3/c1-16-12-18(13-17(2)22(16)30-23(24)25)14-26-15-21(27-8-10-29-11-9-27)19-4-6-20(28-3)7-5-19/h4-7,12-13,21,23,26H,8-11,14-15H2,1-3H3. The lowest BCUT2D eigenvalue weighted by Crippen LogP contribution is -2.42. The molecule has 0 saturated carbocycles. The van der Waals surface area contributed by atoms with E-state index in [1.165, 1.54) is 5.56 Å². The number of methoxy groups -OCH3 is 1. The fraction of sp³-hybridized carbons (Fsp3) is 0.478. The minimum atomic E-state index is -2.81. The molecule has 0 bridgehead atoms. The van der Waals surface area contributed by atoms with Gasteiger partial charge in [0.25, 0.3) is 0 Å². The minimum absolute atomic E-state index is 0.212. The summed E-state index contributed by atoms with van der Waals surface area (Å²) in [7, 11) is 1.66. The van der Waals surface area contributed by atoms with Gasteiger partial charge in [0, 0.05) is 32.2 Å². The number of benzene rings is 2. The molecule has 0 aliphatic carbocycles. The first-order valence-electron chi connectivity index (χ1n) is 10.2. The molecule has 0 radical (unpaired) electrons. The van der Waals surface area contributed by atoms with Crippen molar-refractivity contribution in [2.45, 2.75) is 33.0 Å². The number of rotatable bonds is 9. The highest BCUT2D eigenvalue weighted by atomic mass is 19.3. The third kappa shape index (κ3) is 5.90. The van der Waals surface area contributed by atoms with Crippen LogP contribution in [-0.4, -0.2) is 51.5 Å². The second-order valence-electron chi connectivity index (χ2n) is 7.51. The highest BCUT2D eigenvalue weighted by Gasteiger charge is 2.22. The van der Waals surface area contributed by atoms with E-state index in [2.05, 4.69) is 27.1 Å². The number of alkyl halides is 2. The van der Waals surface area contributed by atoms with E-state index in [0.717, 1.165) is 44.2 Å². The van der Waals surface area contributed by atoms with E-state index in [4.69, 9.17) is 9.47 Å². The van der Waals surface area contributed by atoms with Gasteiger partial charge in [-0.1, -0.05) is 24.3 Å². The molecule has 3 rings (SSSR count). The maximum absolute atomic E-state index is 12.6. The Labute approximate surface area is 176 Å². The predicted octanol–water partition coefficient (Wildman–Crippen LogP) is 4.08. The normalized spacial score (nSPS) is 15.9. The molecule has 2 aromatic carbocycles. The van der Waals surface area contributed by atoms with Crippen molar-refractivity contribution in [3.63, 3.8) is 0 Å². The van der Waals surface area contributed by atoms with Crippen LogP contribution in [0.3, 0.4) is 0 Å². The SMILES string of the molecule is COc1ccc(C(CNCc2cc(C)c(OC(F)F)c(C)c2)N2CCOCC2)cc1. The fourth-order valence-electron chi connectivity index (χ4n) is 3.94. The highest BCUT2D eigenvalue weighted by Crippen LogP contribution is 2.27. The monoisotopic (exact) mass is 420 g/mol. The summed E-state index contributed by atoms with van der Waals surface area (Å²) < 4.78 is 40.6. The lowest BCUT2D eigenvalue weighted by atomic mass is 10.0. The Morgan fingerprint density at radius 3 is 2.27 bits per heavy atom. The number of hydrogen-bond acceptors (Lipinski definition) is 5. The molecule has 1 atom stereocenters. The van der Waals surface area contributed by atoms with E-state index < -0.39 is 6.61 Å². The molecule has 1 aliphatic heterocycles. The number of aryl methyl sites for hydroxylation is 2. The van der Waals surface area contributed by atoms with Gasteiger partial charge in [-0.05, 0) is 48.2 Å². The van der Waals surface area contributed by atoms with Crippen molar-refractivity contribution in [1.29, 1.82) is 0 Å². The zero-order valence-electron chi connectivity index (χ0n) is 17.8. The maximum Gasteiger partial charge on any atom is 0.387 e. The van der Waals surface area contributed by atoms with Crippen LogP contribution >= 0.6 is 0 Å². The number of nitrogens with zero attached hydrogens (tertiary/aromatic N) is 1. The van der Waals surface area contributed by atoms with Crippen molar-refractivity contribution in [2.24, 2.45) is 0 Å². The fourth-order valence-corrected chi connectivity index (χ4v) is 3.94. The Morgan fingerprint density at radius 1 is 1.07 bits per heavy atom. The minimum Gasteiger partial charge on any atom is -0.497 e. The lowest BCUT2D eigenvalue weighted by molar-refractivity contribution is -0.0507. The van der Waals surface area contributed by atoms with Crippen molar-refractivity contribution in [3.8, 4) is 11.5 Å². The van der Waals surface area contributed by atoms with Crippen molar-refractivity contribution in [2.75, 3.05) is 40.0 Å². The van der Waals surface area contributed by atoms with Gasteiger partial charge in [-0.15, -0.1) is 0 Å². The summed E-state index contributed by atoms with van der Waals surface area (Å²) in [6.45, 7) is 5.42. The summed E-state index contributed by atoms with van der Waals surface area (Å²) in [5.74, 6) is 1.10. The van der Waals surface area contributed by atoms with Gasteiger partial charge in [-0.3, -0.25) is 4.90 Å². The van der Waals surface area contributed by atoms with Gasteiger partial charge in [0.05, 0.1) is 20.3 Å². The van der Waals surface area contributed by atoms with Gasteiger partial charge < -0.3 is 19.5 Å². The molecule has 0 amide bonds. The number of nitrogens with one attached hydrogen (secondary N) is 1. The molecular formula is C23H30F2N2O3.